The molecule has 0 N–H and O–H groups in total. The van der Waals surface area contributed by atoms with Crippen molar-refractivity contribution in [1.82, 2.24) is 9.97 Å². The van der Waals surface area contributed by atoms with Gasteiger partial charge in [-0.3, -0.25) is 0 Å². The van der Waals surface area contributed by atoms with Gasteiger partial charge >= 0.3 is 5.97 Å². The van der Waals surface area contributed by atoms with Crippen molar-refractivity contribution in [2.45, 2.75) is 6.61 Å². The fourth-order valence-corrected chi connectivity index (χ4v) is 2.78. The molecule has 0 aliphatic rings. The Morgan fingerprint density at radius 2 is 2.13 bits per heavy atom. The summed E-state index contributed by atoms with van der Waals surface area (Å²) in [6, 6.07) is 12.7. The molecule has 0 fully saturated rings. The molecule has 0 aliphatic carbocycles. The molecule has 116 valence electrons. The third-order valence-electron chi connectivity index (χ3n) is 3.09. The largest absolute Gasteiger partial charge is 0.471 e. The lowest BCUT2D eigenvalue weighted by molar-refractivity contribution is 0.0601. The van der Waals surface area contributed by atoms with Crippen molar-refractivity contribution in [2.75, 3.05) is 7.11 Å². The van der Waals surface area contributed by atoms with Crippen LogP contribution in [-0.4, -0.2) is 23.0 Å². The zero-order valence-corrected chi connectivity index (χ0v) is 13.2. The maximum absolute atomic E-state index is 11.6. The predicted molar refractivity (Wildman–Crippen MR) is 87.5 cm³/mol. The molecule has 6 heteroatoms. The lowest BCUT2D eigenvalue weighted by Crippen LogP contribution is -2.00. The Morgan fingerprint density at radius 3 is 2.91 bits per heavy atom. The van der Waals surface area contributed by atoms with Crippen LogP contribution in [-0.2, 0) is 11.3 Å². The minimum atomic E-state index is -0.359. The zero-order chi connectivity index (χ0) is 16.1. The van der Waals surface area contributed by atoms with Gasteiger partial charge in [0.15, 0.2) is 0 Å². The second-order valence-electron chi connectivity index (χ2n) is 4.67. The fourth-order valence-electron chi connectivity index (χ4n) is 1.98. The molecule has 0 bridgehead atoms. The lowest BCUT2D eigenvalue weighted by atomic mass is 10.1. The van der Waals surface area contributed by atoms with Gasteiger partial charge in [-0.15, -0.1) is 11.3 Å². The third kappa shape index (κ3) is 3.73. The number of pyridine rings is 1. The van der Waals surface area contributed by atoms with Crippen molar-refractivity contribution in [3.05, 3.63) is 65.3 Å². The minimum Gasteiger partial charge on any atom is -0.471 e. The molecule has 0 saturated heterocycles. The highest BCUT2D eigenvalue weighted by molar-refractivity contribution is 7.13. The van der Waals surface area contributed by atoms with Gasteiger partial charge < -0.3 is 9.47 Å². The van der Waals surface area contributed by atoms with Gasteiger partial charge in [0.25, 0.3) is 0 Å². The van der Waals surface area contributed by atoms with Crippen molar-refractivity contribution >= 4 is 17.3 Å². The molecule has 0 aliphatic heterocycles. The number of ether oxygens (including phenoxy) is 2. The monoisotopic (exact) mass is 326 g/mol. The SMILES string of the molecule is COC(=O)c1cccc(-c2nc(COc3ccccn3)cs2)c1. The molecule has 0 amide bonds. The number of aromatic nitrogens is 2. The number of carbonyl (C=O) groups is 1. The molecule has 0 spiro atoms. The summed E-state index contributed by atoms with van der Waals surface area (Å²) in [6.07, 6.45) is 1.68. The number of benzene rings is 1. The summed E-state index contributed by atoms with van der Waals surface area (Å²) in [6.45, 7) is 0.351. The van der Waals surface area contributed by atoms with E-state index in [0.717, 1.165) is 16.3 Å². The molecule has 23 heavy (non-hydrogen) atoms. The molecule has 2 heterocycles. The zero-order valence-electron chi connectivity index (χ0n) is 12.4. The van der Waals surface area contributed by atoms with Crippen LogP contribution >= 0.6 is 11.3 Å². The van der Waals surface area contributed by atoms with Crippen LogP contribution in [0, 0.1) is 0 Å². The summed E-state index contributed by atoms with van der Waals surface area (Å²) >= 11 is 1.50. The molecule has 0 saturated carbocycles. The highest BCUT2D eigenvalue weighted by Crippen LogP contribution is 2.25. The fraction of sp³-hybridized carbons (Fsp3) is 0.118. The number of nitrogens with zero attached hydrogens (tertiary/aromatic N) is 2. The van der Waals surface area contributed by atoms with Crippen LogP contribution in [0.5, 0.6) is 5.88 Å². The predicted octanol–water partition coefficient (Wildman–Crippen LogP) is 3.57. The van der Waals surface area contributed by atoms with E-state index in [9.17, 15) is 4.79 Å². The highest BCUT2D eigenvalue weighted by Gasteiger charge is 2.10. The average molecular weight is 326 g/mol. The molecular weight excluding hydrogens is 312 g/mol. The third-order valence-corrected chi connectivity index (χ3v) is 4.03. The summed E-state index contributed by atoms with van der Waals surface area (Å²) in [5.74, 6) is 0.205. The van der Waals surface area contributed by atoms with E-state index in [1.165, 1.54) is 18.4 Å². The van der Waals surface area contributed by atoms with Gasteiger partial charge in [0.05, 0.1) is 18.4 Å². The highest BCUT2D eigenvalue weighted by atomic mass is 32.1. The summed E-state index contributed by atoms with van der Waals surface area (Å²) in [5.41, 5.74) is 2.20. The number of rotatable bonds is 5. The van der Waals surface area contributed by atoms with E-state index < -0.39 is 0 Å². The van der Waals surface area contributed by atoms with Gasteiger partial charge in [-0.1, -0.05) is 18.2 Å². The van der Waals surface area contributed by atoms with Crippen molar-refractivity contribution < 1.29 is 14.3 Å². The first kappa shape index (κ1) is 15.2. The van der Waals surface area contributed by atoms with Crippen molar-refractivity contribution in [1.29, 1.82) is 0 Å². The topological polar surface area (TPSA) is 61.3 Å². The van der Waals surface area contributed by atoms with E-state index in [1.807, 2.05) is 29.6 Å². The number of carbonyl (C=O) groups excluding carboxylic acids is 1. The van der Waals surface area contributed by atoms with Gasteiger partial charge in [0.2, 0.25) is 5.88 Å². The van der Waals surface area contributed by atoms with E-state index in [2.05, 4.69) is 9.97 Å². The van der Waals surface area contributed by atoms with Crippen LogP contribution in [0.15, 0.2) is 54.0 Å². The van der Waals surface area contributed by atoms with Crippen LogP contribution in [0.3, 0.4) is 0 Å². The first-order valence-electron chi connectivity index (χ1n) is 6.93. The van der Waals surface area contributed by atoms with Crippen molar-refractivity contribution in [3.63, 3.8) is 0 Å². The molecule has 0 atom stereocenters. The van der Waals surface area contributed by atoms with Crippen molar-refractivity contribution in [2.24, 2.45) is 0 Å². The second-order valence-corrected chi connectivity index (χ2v) is 5.53. The van der Waals surface area contributed by atoms with E-state index in [4.69, 9.17) is 9.47 Å². The van der Waals surface area contributed by atoms with Crippen LogP contribution < -0.4 is 4.74 Å². The van der Waals surface area contributed by atoms with E-state index in [-0.39, 0.29) is 5.97 Å². The van der Waals surface area contributed by atoms with E-state index >= 15 is 0 Å². The van der Waals surface area contributed by atoms with Crippen LogP contribution in [0.2, 0.25) is 0 Å². The molecular formula is C17H14N2O3S. The maximum atomic E-state index is 11.6. The molecule has 1 aromatic carbocycles. The standard InChI is InChI=1S/C17H14N2O3S/c1-21-17(20)13-6-4-5-12(9-13)16-19-14(11-23-16)10-22-15-7-2-3-8-18-15/h2-9,11H,10H2,1H3. The lowest BCUT2D eigenvalue weighted by Gasteiger charge is -2.02. The number of esters is 1. The quantitative estimate of drug-likeness (QED) is 0.671. The Balaban J connectivity index is 1.73. The number of thiazole rings is 1. The van der Waals surface area contributed by atoms with Gasteiger partial charge in [0, 0.05) is 23.2 Å². The molecule has 3 aromatic rings. The van der Waals surface area contributed by atoms with E-state index in [1.54, 1.807) is 24.4 Å². The summed E-state index contributed by atoms with van der Waals surface area (Å²) < 4.78 is 10.3. The van der Waals surface area contributed by atoms with Crippen LogP contribution in [0.25, 0.3) is 10.6 Å². The molecule has 3 rings (SSSR count). The van der Waals surface area contributed by atoms with Crippen LogP contribution in [0.1, 0.15) is 16.1 Å². The molecule has 2 aromatic heterocycles. The summed E-state index contributed by atoms with van der Waals surface area (Å²) in [7, 11) is 1.37. The van der Waals surface area contributed by atoms with Gasteiger partial charge in [-0.05, 0) is 18.2 Å². The Labute approximate surface area is 137 Å². The van der Waals surface area contributed by atoms with Gasteiger partial charge in [-0.2, -0.15) is 0 Å². The number of methoxy groups -OCH3 is 1. The number of hydrogen-bond acceptors (Lipinski definition) is 6. The number of hydrogen-bond donors (Lipinski definition) is 0. The molecule has 0 radical (unpaired) electrons. The minimum absolute atomic E-state index is 0.351. The normalized spacial score (nSPS) is 10.3. The molecule has 0 unspecified atom stereocenters. The Hall–Kier alpha value is -2.73. The Kier molecular flexibility index (Phi) is 4.63. The molecule has 5 nitrogen and oxygen atoms in total. The van der Waals surface area contributed by atoms with Gasteiger partial charge in [0.1, 0.15) is 11.6 Å². The first-order valence-corrected chi connectivity index (χ1v) is 7.81. The van der Waals surface area contributed by atoms with Gasteiger partial charge in [-0.25, -0.2) is 14.8 Å². The first-order chi connectivity index (χ1) is 11.3. The average Bonchev–Trinajstić information content (AvgIpc) is 3.09. The van der Waals surface area contributed by atoms with E-state index in [0.29, 0.717) is 18.1 Å². The second kappa shape index (κ2) is 7.02. The Bertz CT molecular complexity index is 802. The Morgan fingerprint density at radius 1 is 1.22 bits per heavy atom. The maximum Gasteiger partial charge on any atom is 0.337 e. The van der Waals surface area contributed by atoms with Crippen LogP contribution in [0.4, 0.5) is 0 Å². The smallest absolute Gasteiger partial charge is 0.337 e. The summed E-state index contributed by atoms with van der Waals surface area (Å²) in [4.78, 5) is 20.2. The van der Waals surface area contributed by atoms with Crippen molar-refractivity contribution in [3.8, 4) is 16.5 Å². The summed E-state index contributed by atoms with van der Waals surface area (Å²) in [5, 5.41) is 2.76.